The van der Waals surface area contributed by atoms with E-state index in [1.54, 1.807) is 38.1 Å². The van der Waals surface area contributed by atoms with E-state index >= 15 is 0 Å². The molecule has 3 rings (SSSR count). The molecule has 2 aromatic carbocycles. The number of aliphatic hydroxyl groups excluding tert-OH is 1. The molecule has 1 heterocycles. The van der Waals surface area contributed by atoms with Gasteiger partial charge in [0.05, 0.1) is 6.10 Å². The Labute approximate surface area is 172 Å². The lowest BCUT2D eigenvalue weighted by Gasteiger charge is -2.46. The molecular weight excluding hydrogens is 372 g/mol. The fraction of sp³-hybridized carbons (Fsp3) is 0.500. The van der Waals surface area contributed by atoms with Crippen LogP contribution in [0.3, 0.4) is 0 Å². The molecular formula is C24H31F2NO2. The van der Waals surface area contributed by atoms with Crippen LogP contribution in [0.4, 0.5) is 8.78 Å². The van der Waals surface area contributed by atoms with Crippen LogP contribution in [-0.2, 0) is 0 Å². The normalized spacial score (nSPS) is 19.7. The molecule has 0 bridgehead atoms. The summed E-state index contributed by atoms with van der Waals surface area (Å²) in [5.41, 5.74) is 0.573. The first-order valence-electron chi connectivity index (χ1n) is 10.5. The standard InChI is InChI=1S/C24H31F2NO2/c1-17(28)23(24(2,29)27-14-4-3-5-15-27)16-22(18-6-10-20(25)11-7-18)19-8-12-21(26)13-9-19/h6-13,17,22-23,28-29H,3-5,14-16H2,1-2H3. The lowest BCUT2D eigenvalue weighted by atomic mass is 9.77. The molecule has 0 saturated carbocycles. The van der Waals surface area contributed by atoms with Crippen molar-refractivity contribution in [3.63, 3.8) is 0 Å². The third-order valence-corrected chi connectivity index (χ3v) is 6.32. The molecule has 3 nitrogen and oxygen atoms in total. The summed E-state index contributed by atoms with van der Waals surface area (Å²) in [6, 6.07) is 12.5. The van der Waals surface area contributed by atoms with Gasteiger partial charge in [-0.15, -0.1) is 0 Å². The van der Waals surface area contributed by atoms with Crippen LogP contribution in [0, 0.1) is 17.6 Å². The van der Waals surface area contributed by atoms with Gasteiger partial charge in [-0.25, -0.2) is 8.78 Å². The molecule has 1 aliphatic rings. The van der Waals surface area contributed by atoms with Gasteiger partial charge in [-0.2, -0.15) is 0 Å². The van der Waals surface area contributed by atoms with Gasteiger partial charge in [-0.05, 0) is 68.5 Å². The average molecular weight is 404 g/mol. The Hall–Kier alpha value is -1.82. The van der Waals surface area contributed by atoms with Crippen molar-refractivity contribution < 1.29 is 19.0 Å². The van der Waals surface area contributed by atoms with Crippen molar-refractivity contribution in [3.8, 4) is 0 Å². The van der Waals surface area contributed by atoms with Crippen LogP contribution in [0.15, 0.2) is 48.5 Å². The molecule has 3 atom stereocenters. The molecule has 29 heavy (non-hydrogen) atoms. The van der Waals surface area contributed by atoms with E-state index in [1.807, 2.05) is 0 Å². The molecule has 1 saturated heterocycles. The van der Waals surface area contributed by atoms with Gasteiger partial charge < -0.3 is 10.2 Å². The van der Waals surface area contributed by atoms with Gasteiger partial charge >= 0.3 is 0 Å². The number of likely N-dealkylation sites (tertiary alicyclic amines) is 1. The second kappa shape index (κ2) is 9.33. The largest absolute Gasteiger partial charge is 0.393 e. The molecule has 5 heteroatoms. The molecule has 0 radical (unpaired) electrons. The fourth-order valence-corrected chi connectivity index (χ4v) is 4.57. The Bertz CT molecular complexity index is 723. The molecule has 2 N–H and O–H groups in total. The Kier molecular flexibility index (Phi) is 7.04. The van der Waals surface area contributed by atoms with Crippen molar-refractivity contribution in [2.45, 2.75) is 57.3 Å². The highest BCUT2D eigenvalue weighted by Gasteiger charge is 2.42. The summed E-state index contributed by atoms with van der Waals surface area (Å²) in [7, 11) is 0. The van der Waals surface area contributed by atoms with E-state index in [-0.39, 0.29) is 17.6 Å². The Morgan fingerprint density at radius 3 is 1.76 bits per heavy atom. The van der Waals surface area contributed by atoms with E-state index in [0.29, 0.717) is 6.42 Å². The molecule has 0 spiro atoms. The smallest absolute Gasteiger partial charge is 0.123 e. The summed E-state index contributed by atoms with van der Waals surface area (Å²) in [5, 5.41) is 22.0. The maximum absolute atomic E-state index is 13.5. The van der Waals surface area contributed by atoms with Gasteiger partial charge in [0.1, 0.15) is 17.4 Å². The summed E-state index contributed by atoms with van der Waals surface area (Å²) in [4.78, 5) is 2.06. The third-order valence-electron chi connectivity index (χ3n) is 6.32. The summed E-state index contributed by atoms with van der Waals surface area (Å²) in [6.45, 7) is 5.08. The topological polar surface area (TPSA) is 43.7 Å². The minimum atomic E-state index is -1.17. The lowest BCUT2D eigenvalue weighted by Crippen LogP contribution is -2.56. The maximum atomic E-state index is 13.5. The second-order valence-electron chi connectivity index (χ2n) is 8.38. The zero-order valence-corrected chi connectivity index (χ0v) is 17.2. The number of hydrogen-bond acceptors (Lipinski definition) is 3. The number of hydrogen-bond donors (Lipinski definition) is 2. The quantitative estimate of drug-likeness (QED) is 0.706. The summed E-state index contributed by atoms with van der Waals surface area (Å²) in [6.07, 6.45) is 2.93. The van der Waals surface area contributed by atoms with Gasteiger partial charge in [0.2, 0.25) is 0 Å². The average Bonchev–Trinajstić information content (AvgIpc) is 2.71. The van der Waals surface area contributed by atoms with Gasteiger partial charge in [0, 0.05) is 24.9 Å². The van der Waals surface area contributed by atoms with Crippen LogP contribution in [0.25, 0.3) is 0 Å². The van der Waals surface area contributed by atoms with E-state index in [0.717, 1.165) is 43.5 Å². The Morgan fingerprint density at radius 1 is 0.897 bits per heavy atom. The third kappa shape index (κ3) is 5.21. The minimum absolute atomic E-state index is 0.202. The number of benzene rings is 2. The van der Waals surface area contributed by atoms with Crippen molar-refractivity contribution >= 4 is 0 Å². The summed E-state index contributed by atoms with van der Waals surface area (Å²) < 4.78 is 27.0. The van der Waals surface area contributed by atoms with E-state index in [4.69, 9.17) is 0 Å². The van der Waals surface area contributed by atoms with Crippen LogP contribution in [-0.4, -0.2) is 40.0 Å². The van der Waals surface area contributed by atoms with Crippen LogP contribution in [0.1, 0.15) is 56.6 Å². The van der Waals surface area contributed by atoms with Crippen LogP contribution in [0.5, 0.6) is 0 Å². The Morgan fingerprint density at radius 2 is 1.34 bits per heavy atom. The second-order valence-corrected chi connectivity index (χ2v) is 8.38. The molecule has 0 aromatic heterocycles. The zero-order chi connectivity index (χ0) is 21.0. The van der Waals surface area contributed by atoms with Gasteiger partial charge in [-0.1, -0.05) is 30.7 Å². The molecule has 158 valence electrons. The van der Waals surface area contributed by atoms with E-state index < -0.39 is 17.7 Å². The molecule has 3 unspecified atom stereocenters. The molecule has 2 aromatic rings. The molecule has 1 fully saturated rings. The fourth-order valence-electron chi connectivity index (χ4n) is 4.57. The predicted octanol–water partition coefficient (Wildman–Crippen LogP) is 4.68. The number of piperidine rings is 1. The van der Waals surface area contributed by atoms with Gasteiger partial charge in [0.15, 0.2) is 0 Å². The van der Waals surface area contributed by atoms with Crippen molar-refractivity contribution in [2.24, 2.45) is 5.92 Å². The van der Waals surface area contributed by atoms with Crippen molar-refractivity contribution in [3.05, 3.63) is 71.3 Å². The van der Waals surface area contributed by atoms with E-state index in [9.17, 15) is 19.0 Å². The first-order chi connectivity index (χ1) is 13.8. The molecule has 0 aliphatic carbocycles. The van der Waals surface area contributed by atoms with E-state index in [1.165, 1.54) is 24.3 Å². The highest BCUT2D eigenvalue weighted by Crippen LogP contribution is 2.39. The van der Waals surface area contributed by atoms with Gasteiger partial charge in [0.25, 0.3) is 0 Å². The van der Waals surface area contributed by atoms with Crippen LogP contribution >= 0.6 is 0 Å². The minimum Gasteiger partial charge on any atom is -0.393 e. The van der Waals surface area contributed by atoms with Gasteiger partial charge in [-0.3, -0.25) is 4.90 Å². The predicted molar refractivity (Wildman–Crippen MR) is 110 cm³/mol. The number of halogens is 2. The summed E-state index contributed by atoms with van der Waals surface area (Å²) >= 11 is 0. The number of nitrogens with zero attached hydrogens (tertiary/aromatic N) is 1. The highest BCUT2D eigenvalue weighted by atomic mass is 19.1. The SMILES string of the molecule is CC(O)C(CC(c1ccc(F)cc1)c1ccc(F)cc1)C(C)(O)N1CCCCC1. The lowest BCUT2D eigenvalue weighted by molar-refractivity contribution is -0.168. The first-order valence-corrected chi connectivity index (χ1v) is 10.5. The van der Waals surface area contributed by atoms with Crippen molar-refractivity contribution in [2.75, 3.05) is 13.1 Å². The monoisotopic (exact) mass is 403 g/mol. The number of aliphatic hydroxyl groups is 2. The van der Waals surface area contributed by atoms with Crippen molar-refractivity contribution in [1.82, 2.24) is 4.90 Å². The Balaban J connectivity index is 1.95. The number of rotatable bonds is 7. The summed E-state index contributed by atoms with van der Waals surface area (Å²) in [5.74, 6) is -1.27. The zero-order valence-electron chi connectivity index (χ0n) is 17.2. The van der Waals surface area contributed by atoms with Crippen LogP contribution < -0.4 is 0 Å². The highest BCUT2D eigenvalue weighted by molar-refractivity contribution is 5.33. The van der Waals surface area contributed by atoms with Crippen molar-refractivity contribution in [1.29, 1.82) is 0 Å². The van der Waals surface area contributed by atoms with E-state index in [2.05, 4.69) is 4.90 Å². The van der Waals surface area contributed by atoms with Crippen LogP contribution in [0.2, 0.25) is 0 Å². The first kappa shape index (κ1) is 21.9. The maximum Gasteiger partial charge on any atom is 0.123 e. The molecule has 0 amide bonds. The molecule has 1 aliphatic heterocycles.